The first-order chi connectivity index (χ1) is 7.11. The zero-order chi connectivity index (χ0) is 11.0. The van der Waals surface area contributed by atoms with Gasteiger partial charge in [-0.25, -0.2) is 0 Å². The first kappa shape index (κ1) is 11.4. The van der Waals surface area contributed by atoms with Crippen LogP contribution in [0.2, 0.25) is 0 Å². The molecule has 1 heterocycles. The van der Waals surface area contributed by atoms with Crippen LogP contribution in [0.1, 0.15) is 39.5 Å². The minimum Gasteiger partial charge on any atom is -0.338 e. The van der Waals surface area contributed by atoms with Gasteiger partial charge in [-0.05, 0) is 31.1 Å². The Morgan fingerprint density at radius 3 is 2.33 bits per heavy atom. The monoisotopic (exact) mass is 273 g/mol. The van der Waals surface area contributed by atoms with Gasteiger partial charge >= 0.3 is 0 Å². The van der Waals surface area contributed by atoms with E-state index in [1.807, 2.05) is 0 Å². The van der Waals surface area contributed by atoms with Crippen molar-refractivity contribution in [2.24, 2.45) is 11.8 Å². The number of amides is 1. The molecule has 0 N–H and O–H groups in total. The second-order valence-corrected chi connectivity index (χ2v) is 6.32. The highest BCUT2D eigenvalue weighted by Crippen LogP contribution is 2.37. The number of hydrogen-bond donors (Lipinski definition) is 0. The van der Waals surface area contributed by atoms with Gasteiger partial charge in [-0.1, -0.05) is 36.2 Å². The Morgan fingerprint density at radius 1 is 1.33 bits per heavy atom. The predicted molar refractivity (Wildman–Crippen MR) is 65.0 cm³/mol. The molecule has 2 rings (SSSR count). The van der Waals surface area contributed by atoms with Gasteiger partial charge in [0.25, 0.3) is 0 Å². The molecule has 0 aromatic heterocycles. The van der Waals surface area contributed by atoms with E-state index >= 15 is 0 Å². The van der Waals surface area contributed by atoms with Gasteiger partial charge in [0, 0.05) is 12.6 Å². The van der Waals surface area contributed by atoms with Gasteiger partial charge in [0.2, 0.25) is 5.91 Å². The number of likely N-dealkylation sites (tertiary alicyclic amines) is 1. The molecule has 2 nitrogen and oxygen atoms in total. The smallest absolute Gasteiger partial charge is 0.236 e. The predicted octanol–water partition coefficient (Wildman–Crippen LogP) is 2.81. The lowest BCUT2D eigenvalue weighted by atomic mass is 9.75. The second kappa shape index (κ2) is 4.44. The molecule has 0 bridgehead atoms. The van der Waals surface area contributed by atoms with E-state index < -0.39 is 0 Å². The standard InChI is InChI=1S/C12H20BrNO/c1-8(2)11(9-4-3-5-9)14-7-6-10(13)12(14)15/h8-11H,3-7H2,1-2H3. The molecular formula is C12H20BrNO. The number of alkyl halides is 1. The quantitative estimate of drug-likeness (QED) is 0.725. The summed E-state index contributed by atoms with van der Waals surface area (Å²) in [4.78, 5) is 14.2. The van der Waals surface area contributed by atoms with E-state index in [4.69, 9.17) is 0 Å². The average Bonchev–Trinajstić information content (AvgIpc) is 2.40. The van der Waals surface area contributed by atoms with Gasteiger partial charge in [0.15, 0.2) is 0 Å². The summed E-state index contributed by atoms with van der Waals surface area (Å²) in [7, 11) is 0. The van der Waals surface area contributed by atoms with Crippen LogP contribution >= 0.6 is 15.9 Å². The summed E-state index contributed by atoms with van der Waals surface area (Å²) in [6.07, 6.45) is 4.97. The molecule has 1 amide bonds. The van der Waals surface area contributed by atoms with Gasteiger partial charge in [-0.15, -0.1) is 0 Å². The van der Waals surface area contributed by atoms with Gasteiger partial charge in [0.1, 0.15) is 0 Å². The molecule has 0 aromatic rings. The Labute approximate surface area is 101 Å². The van der Waals surface area contributed by atoms with Crippen LogP contribution in [-0.4, -0.2) is 28.2 Å². The molecule has 1 saturated carbocycles. The topological polar surface area (TPSA) is 20.3 Å². The molecule has 2 unspecified atom stereocenters. The fraction of sp³-hybridized carbons (Fsp3) is 0.917. The van der Waals surface area contributed by atoms with Crippen molar-refractivity contribution in [3.63, 3.8) is 0 Å². The third-order valence-corrected chi connectivity index (χ3v) is 4.70. The van der Waals surface area contributed by atoms with Crippen molar-refractivity contribution in [1.29, 1.82) is 0 Å². The van der Waals surface area contributed by atoms with E-state index in [0.29, 0.717) is 17.9 Å². The normalized spacial score (nSPS) is 29.7. The van der Waals surface area contributed by atoms with Crippen LogP contribution in [0.25, 0.3) is 0 Å². The highest BCUT2D eigenvalue weighted by atomic mass is 79.9. The van der Waals surface area contributed by atoms with Crippen LogP contribution in [0.4, 0.5) is 0 Å². The average molecular weight is 274 g/mol. The zero-order valence-corrected chi connectivity index (χ0v) is 11.2. The molecular weight excluding hydrogens is 254 g/mol. The van der Waals surface area contributed by atoms with Crippen molar-refractivity contribution in [3.05, 3.63) is 0 Å². The summed E-state index contributed by atoms with van der Waals surface area (Å²) in [6, 6.07) is 0.494. The summed E-state index contributed by atoms with van der Waals surface area (Å²) >= 11 is 3.46. The van der Waals surface area contributed by atoms with Crippen LogP contribution in [0.3, 0.4) is 0 Å². The number of halogens is 1. The van der Waals surface area contributed by atoms with E-state index in [9.17, 15) is 4.79 Å². The summed E-state index contributed by atoms with van der Waals surface area (Å²) in [5, 5.41) is 0. The molecule has 2 fully saturated rings. The van der Waals surface area contributed by atoms with E-state index in [0.717, 1.165) is 18.9 Å². The molecule has 1 aliphatic carbocycles. The van der Waals surface area contributed by atoms with Crippen molar-refractivity contribution in [3.8, 4) is 0 Å². The van der Waals surface area contributed by atoms with E-state index in [-0.39, 0.29) is 4.83 Å². The Bertz CT molecular complexity index is 250. The number of nitrogens with zero attached hydrogens (tertiary/aromatic N) is 1. The second-order valence-electron chi connectivity index (χ2n) is 5.21. The SMILES string of the molecule is CC(C)C(C1CCC1)N1CCC(Br)C1=O. The molecule has 15 heavy (non-hydrogen) atoms. The first-order valence-electron chi connectivity index (χ1n) is 6.06. The van der Waals surface area contributed by atoms with Crippen LogP contribution in [-0.2, 0) is 4.79 Å². The van der Waals surface area contributed by atoms with E-state index in [1.54, 1.807) is 0 Å². The summed E-state index contributed by atoms with van der Waals surface area (Å²) in [5.74, 6) is 1.68. The Hall–Kier alpha value is -0.0500. The minimum absolute atomic E-state index is 0.0822. The lowest BCUT2D eigenvalue weighted by Gasteiger charge is -2.42. The molecule has 2 atom stereocenters. The molecule has 1 aliphatic heterocycles. The van der Waals surface area contributed by atoms with Gasteiger partial charge in [-0.2, -0.15) is 0 Å². The van der Waals surface area contributed by atoms with E-state index in [2.05, 4.69) is 34.7 Å². The third kappa shape index (κ3) is 2.08. The molecule has 1 saturated heterocycles. The molecule has 86 valence electrons. The molecule has 2 aliphatic rings. The van der Waals surface area contributed by atoms with Crippen LogP contribution in [0, 0.1) is 11.8 Å². The van der Waals surface area contributed by atoms with Crippen LogP contribution < -0.4 is 0 Å². The van der Waals surface area contributed by atoms with Crippen molar-refractivity contribution in [2.45, 2.75) is 50.4 Å². The van der Waals surface area contributed by atoms with Gasteiger partial charge in [-0.3, -0.25) is 4.79 Å². The molecule has 0 spiro atoms. The number of hydrogen-bond acceptors (Lipinski definition) is 1. The first-order valence-corrected chi connectivity index (χ1v) is 6.97. The van der Waals surface area contributed by atoms with Gasteiger partial charge < -0.3 is 4.90 Å². The molecule has 0 radical (unpaired) electrons. The van der Waals surface area contributed by atoms with Crippen molar-refractivity contribution in [1.82, 2.24) is 4.90 Å². The largest absolute Gasteiger partial charge is 0.338 e. The van der Waals surface area contributed by atoms with Crippen LogP contribution in [0.5, 0.6) is 0 Å². The number of carbonyl (C=O) groups excluding carboxylic acids is 1. The summed E-state index contributed by atoms with van der Waals surface area (Å²) in [6.45, 7) is 5.45. The summed E-state index contributed by atoms with van der Waals surface area (Å²) in [5.41, 5.74) is 0. The molecule has 3 heteroatoms. The maximum atomic E-state index is 12.0. The fourth-order valence-corrected chi connectivity index (χ4v) is 3.37. The Balaban J connectivity index is 2.07. The lowest BCUT2D eigenvalue weighted by Crippen LogP contribution is -2.47. The maximum Gasteiger partial charge on any atom is 0.236 e. The van der Waals surface area contributed by atoms with Crippen molar-refractivity contribution >= 4 is 21.8 Å². The number of rotatable bonds is 3. The Kier molecular flexibility index (Phi) is 3.39. The van der Waals surface area contributed by atoms with Crippen molar-refractivity contribution < 1.29 is 4.79 Å². The third-order valence-electron chi connectivity index (χ3n) is 3.85. The van der Waals surface area contributed by atoms with Crippen molar-refractivity contribution in [2.75, 3.05) is 6.54 Å². The highest BCUT2D eigenvalue weighted by molar-refractivity contribution is 9.10. The highest BCUT2D eigenvalue weighted by Gasteiger charge is 2.40. The summed E-state index contributed by atoms with van der Waals surface area (Å²) < 4.78 is 0. The Morgan fingerprint density at radius 2 is 2.00 bits per heavy atom. The lowest BCUT2D eigenvalue weighted by molar-refractivity contribution is -0.132. The minimum atomic E-state index is 0.0822. The number of carbonyl (C=O) groups is 1. The van der Waals surface area contributed by atoms with Crippen LogP contribution in [0.15, 0.2) is 0 Å². The molecule has 0 aromatic carbocycles. The maximum absolute atomic E-state index is 12.0. The van der Waals surface area contributed by atoms with Gasteiger partial charge in [0.05, 0.1) is 4.83 Å². The zero-order valence-electron chi connectivity index (χ0n) is 9.58. The fourth-order valence-electron chi connectivity index (χ4n) is 2.90. The van der Waals surface area contributed by atoms with E-state index in [1.165, 1.54) is 19.3 Å².